The summed E-state index contributed by atoms with van der Waals surface area (Å²) in [5, 5.41) is 14.3. The minimum absolute atomic E-state index is 0.000379. The summed E-state index contributed by atoms with van der Waals surface area (Å²) >= 11 is 0. The minimum Gasteiger partial charge on any atom is -0.388 e. The van der Waals surface area contributed by atoms with Crippen molar-refractivity contribution in [3.63, 3.8) is 0 Å². The van der Waals surface area contributed by atoms with Crippen LogP contribution in [0.1, 0.15) is 47.8 Å². The molecule has 2 aromatic heterocycles. The highest BCUT2D eigenvalue weighted by molar-refractivity contribution is 5.88. The molecule has 2 heterocycles. The van der Waals surface area contributed by atoms with Gasteiger partial charge in [-0.1, -0.05) is 38.1 Å². The van der Waals surface area contributed by atoms with Crippen molar-refractivity contribution in [3.8, 4) is 16.9 Å². The monoisotopic (exact) mass is 423 g/mol. The van der Waals surface area contributed by atoms with E-state index in [0.29, 0.717) is 22.2 Å². The second-order valence-electron chi connectivity index (χ2n) is 7.63. The van der Waals surface area contributed by atoms with Gasteiger partial charge in [-0.3, -0.25) is 4.57 Å². The molecule has 0 saturated heterocycles. The van der Waals surface area contributed by atoms with Crippen LogP contribution in [0, 0.1) is 12.7 Å². The molecular weight excluding hydrogens is 395 g/mol. The molecule has 1 N–H and O–H groups in total. The number of fused-ring (bicyclic) bond motifs is 1. The molecule has 0 saturated carbocycles. The zero-order chi connectivity index (χ0) is 24.8. The highest BCUT2D eigenvalue weighted by atomic mass is 19.1. The number of hydrogen-bond donors (Lipinski definition) is 1. The van der Waals surface area contributed by atoms with Crippen molar-refractivity contribution < 1.29 is 13.6 Å². The third kappa shape index (κ3) is 3.55. The maximum atomic E-state index is 15.3. The van der Waals surface area contributed by atoms with Crippen LogP contribution in [0.2, 0.25) is 0 Å². The van der Waals surface area contributed by atoms with E-state index < -0.39 is 25.0 Å². The summed E-state index contributed by atoms with van der Waals surface area (Å²) in [6.45, 7) is 3.19. The quantitative estimate of drug-likeness (QED) is 0.519. The Balaban J connectivity index is 1.99. The van der Waals surface area contributed by atoms with E-state index in [-0.39, 0.29) is 29.5 Å². The largest absolute Gasteiger partial charge is 0.388 e. The summed E-state index contributed by atoms with van der Waals surface area (Å²) in [7, 11) is 0. The lowest BCUT2D eigenvalue weighted by Gasteiger charge is -2.15. The summed E-state index contributed by atoms with van der Waals surface area (Å²) in [6, 6.07) is 11.2. The van der Waals surface area contributed by atoms with Crippen molar-refractivity contribution in [2.45, 2.75) is 46.7 Å². The van der Waals surface area contributed by atoms with Crippen LogP contribution >= 0.6 is 0 Å². The van der Waals surface area contributed by atoms with Crippen molar-refractivity contribution >= 4 is 10.9 Å². The van der Waals surface area contributed by atoms with Gasteiger partial charge in [-0.25, -0.2) is 14.2 Å². The van der Waals surface area contributed by atoms with Gasteiger partial charge in [0, 0.05) is 27.7 Å². The number of aliphatic hydroxyl groups excluding tert-OH is 1. The average molecular weight is 424 g/mol. The SMILES string of the molecule is [2H]C([2H])([2H])c1ccccc1-c1cc(C(C)C)c2cc(-n3nc(CO)n(CC)c3=O)c(F)cc2n1. The average Bonchev–Trinajstić information content (AvgIpc) is 3.12. The Bertz CT molecular complexity index is 1440. The van der Waals surface area contributed by atoms with Gasteiger partial charge < -0.3 is 5.11 Å². The van der Waals surface area contributed by atoms with Crippen LogP contribution in [0.5, 0.6) is 0 Å². The molecule has 4 aromatic rings. The van der Waals surface area contributed by atoms with Gasteiger partial charge in [0.2, 0.25) is 0 Å². The van der Waals surface area contributed by atoms with Crippen LogP contribution in [-0.2, 0) is 13.2 Å². The molecule has 0 unspecified atom stereocenters. The lowest BCUT2D eigenvalue weighted by Crippen LogP contribution is -2.24. The molecule has 0 aliphatic rings. The number of aliphatic hydroxyl groups is 1. The van der Waals surface area contributed by atoms with Crippen molar-refractivity contribution in [1.29, 1.82) is 0 Å². The second-order valence-corrected chi connectivity index (χ2v) is 7.63. The standard InChI is InChI=1S/C24H25FN4O2/c1-5-28-23(13-30)27-29(24(28)31)22-11-18-17(14(2)3)10-20(26-21(18)12-19(22)25)16-9-7-6-8-15(16)4/h6-12,14,30H,5,13H2,1-4H3/i4D3. The fraction of sp³-hybridized carbons (Fsp3) is 0.292. The van der Waals surface area contributed by atoms with Crippen molar-refractivity contribution in [1.82, 2.24) is 19.3 Å². The number of aromatic nitrogens is 4. The highest BCUT2D eigenvalue weighted by Gasteiger charge is 2.19. The molecule has 31 heavy (non-hydrogen) atoms. The summed E-state index contributed by atoms with van der Waals surface area (Å²) < 4.78 is 41.1. The third-order valence-electron chi connectivity index (χ3n) is 5.36. The molecule has 0 bridgehead atoms. The van der Waals surface area contributed by atoms with E-state index in [4.69, 9.17) is 4.11 Å². The predicted octanol–water partition coefficient (Wildman–Crippen LogP) is 4.33. The molecule has 4 rings (SSSR count). The molecule has 6 nitrogen and oxygen atoms in total. The number of aryl methyl sites for hydroxylation is 1. The fourth-order valence-corrected chi connectivity index (χ4v) is 3.78. The first kappa shape index (κ1) is 17.4. The molecule has 2 aromatic carbocycles. The fourth-order valence-electron chi connectivity index (χ4n) is 3.78. The van der Waals surface area contributed by atoms with Crippen molar-refractivity contribution in [2.75, 3.05) is 0 Å². The van der Waals surface area contributed by atoms with Gasteiger partial charge in [-0.15, -0.1) is 5.10 Å². The smallest absolute Gasteiger partial charge is 0.350 e. The number of nitrogens with zero attached hydrogens (tertiary/aromatic N) is 4. The van der Waals surface area contributed by atoms with E-state index >= 15 is 4.39 Å². The Kier molecular flexibility index (Phi) is 4.52. The van der Waals surface area contributed by atoms with Crippen LogP contribution in [-0.4, -0.2) is 24.4 Å². The number of halogens is 1. The van der Waals surface area contributed by atoms with Gasteiger partial charge in [0.15, 0.2) is 11.6 Å². The Labute approximate surface area is 183 Å². The molecule has 0 atom stereocenters. The van der Waals surface area contributed by atoms with Crippen molar-refractivity contribution in [2.24, 2.45) is 0 Å². The van der Waals surface area contributed by atoms with E-state index in [1.165, 1.54) is 16.7 Å². The van der Waals surface area contributed by atoms with Crippen LogP contribution in [0.4, 0.5) is 4.39 Å². The van der Waals surface area contributed by atoms with Crippen LogP contribution < -0.4 is 5.69 Å². The number of benzene rings is 2. The summed E-state index contributed by atoms with van der Waals surface area (Å²) in [4.78, 5) is 17.4. The van der Waals surface area contributed by atoms with Crippen LogP contribution in [0.25, 0.3) is 27.8 Å². The molecule has 0 spiro atoms. The van der Waals surface area contributed by atoms with Gasteiger partial charge in [-0.2, -0.15) is 4.68 Å². The molecule has 160 valence electrons. The predicted molar refractivity (Wildman–Crippen MR) is 119 cm³/mol. The van der Waals surface area contributed by atoms with Gasteiger partial charge in [0.25, 0.3) is 0 Å². The highest BCUT2D eigenvalue weighted by Crippen LogP contribution is 2.32. The molecule has 7 heteroatoms. The lowest BCUT2D eigenvalue weighted by atomic mass is 9.95. The minimum atomic E-state index is -2.33. The normalized spacial score (nSPS) is 13.4. The van der Waals surface area contributed by atoms with Crippen LogP contribution in [0.15, 0.2) is 47.3 Å². The van der Waals surface area contributed by atoms with E-state index in [0.717, 1.165) is 10.2 Å². The Morgan fingerprint density at radius 3 is 2.65 bits per heavy atom. The van der Waals surface area contributed by atoms with Gasteiger partial charge in [0.1, 0.15) is 12.3 Å². The zero-order valence-corrected chi connectivity index (χ0v) is 17.6. The Morgan fingerprint density at radius 2 is 2.00 bits per heavy atom. The summed E-state index contributed by atoms with van der Waals surface area (Å²) in [5.41, 5.74) is 1.64. The van der Waals surface area contributed by atoms with Gasteiger partial charge in [-0.05, 0) is 43.0 Å². The third-order valence-corrected chi connectivity index (χ3v) is 5.36. The summed E-state index contributed by atoms with van der Waals surface area (Å²) in [5.74, 6) is -0.561. The number of pyridine rings is 1. The second kappa shape index (κ2) is 8.07. The molecule has 0 fully saturated rings. The zero-order valence-electron chi connectivity index (χ0n) is 20.6. The number of hydrogen-bond acceptors (Lipinski definition) is 4. The molecule has 0 aliphatic heterocycles. The van der Waals surface area contributed by atoms with Crippen molar-refractivity contribution in [3.05, 3.63) is 75.7 Å². The van der Waals surface area contributed by atoms with Crippen LogP contribution in [0.3, 0.4) is 0 Å². The van der Waals surface area contributed by atoms with E-state index in [9.17, 15) is 9.90 Å². The lowest BCUT2D eigenvalue weighted by molar-refractivity contribution is 0.264. The molecule has 0 radical (unpaired) electrons. The van der Waals surface area contributed by atoms with Gasteiger partial charge >= 0.3 is 5.69 Å². The first-order chi connectivity index (χ1) is 16.1. The van der Waals surface area contributed by atoms with E-state index in [1.54, 1.807) is 31.2 Å². The maximum Gasteiger partial charge on any atom is 0.350 e. The maximum absolute atomic E-state index is 15.3. The number of rotatable bonds is 5. The Morgan fingerprint density at radius 1 is 1.23 bits per heavy atom. The Hall–Kier alpha value is -3.32. The molecule has 0 amide bonds. The first-order valence-corrected chi connectivity index (χ1v) is 10.1. The molecule has 0 aliphatic carbocycles. The van der Waals surface area contributed by atoms with E-state index in [2.05, 4.69) is 10.1 Å². The topological polar surface area (TPSA) is 72.9 Å². The summed E-state index contributed by atoms with van der Waals surface area (Å²) in [6.07, 6.45) is 0. The molecular formula is C24H25FN4O2. The van der Waals surface area contributed by atoms with E-state index in [1.807, 2.05) is 19.9 Å². The van der Waals surface area contributed by atoms with Gasteiger partial charge in [0.05, 0.1) is 11.2 Å². The first-order valence-electron chi connectivity index (χ1n) is 11.6.